The summed E-state index contributed by atoms with van der Waals surface area (Å²) in [5.74, 6) is -0.150. The summed E-state index contributed by atoms with van der Waals surface area (Å²) >= 11 is 0. The van der Waals surface area contributed by atoms with E-state index in [-0.39, 0.29) is 18.4 Å². The standard InChI is InChI=1S/C11H20N6O3S/c1-16-10(9(12)6-14-16)11(18)17-4-2-3-8(7-17)5-15-21(13,19)20/h6,8,15H,2-5,7,12H2,1H3,(H2,13,19,20). The van der Waals surface area contributed by atoms with Gasteiger partial charge in [-0.25, -0.2) is 9.86 Å². The van der Waals surface area contributed by atoms with E-state index < -0.39 is 10.2 Å². The Hall–Kier alpha value is -1.65. The van der Waals surface area contributed by atoms with Crippen LogP contribution in [0.3, 0.4) is 0 Å². The number of hydrogen-bond acceptors (Lipinski definition) is 5. The molecule has 118 valence electrons. The Morgan fingerprint density at radius 1 is 1.57 bits per heavy atom. The van der Waals surface area contributed by atoms with Crippen LogP contribution in [-0.2, 0) is 17.3 Å². The van der Waals surface area contributed by atoms with E-state index in [2.05, 4.69) is 9.82 Å². The number of nitrogens with two attached hydrogens (primary N) is 2. The first-order chi connectivity index (χ1) is 9.78. The van der Waals surface area contributed by atoms with Gasteiger partial charge in [0.05, 0.1) is 11.9 Å². The van der Waals surface area contributed by atoms with Crippen molar-refractivity contribution < 1.29 is 13.2 Å². The number of piperidine rings is 1. The van der Waals surface area contributed by atoms with Crippen LogP contribution in [0.4, 0.5) is 5.69 Å². The van der Waals surface area contributed by atoms with E-state index in [1.165, 1.54) is 10.9 Å². The van der Waals surface area contributed by atoms with Crippen molar-refractivity contribution >= 4 is 21.8 Å². The number of hydrogen-bond donors (Lipinski definition) is 3. The van der Waals surface area contributed by atoms with Gasteiger partial charge in [0.2, 0.25) is 0 Å². The zero-order valence-corrected chi connectivity index (χ0v) is 12.6. The Morgan fingerprint density at radius 2 is 2.29 bits per heavy atom. The molecule has 2 heterocycles. The molecule has 21 heavy (non-hydrogen) atoms. The average Bonchev–Trinajstić information content (AvgIpc) is 2.75. The van der Waals surface area contributed by atoms with Crippen molar-refractivity contribution in [3.05, 3.63) is 11.9 Å². The number of likely N-dealkylation sites (tertiary alicyclic amines) is 1. The first-order valence-electron chi connectivity index (χ1n) is 6.62. The van der Waals surface area contributed by atoms with Crippen molar-refractivity contribution in [1.29, 1.82) is 0 Å². The molecule has 9 nitrogen and oxygen atoms in total. The summed E-state index contributed by atoms with van der Waals surface area (Å²) < 4.78 is 25.6. The molecule has 1 amide bonds. The van der Waals surface area contributed by atoms with E-state index in [4.69, 9.17) is 10.9 Å². The second-order valence-corrected chi connectivity index (χ2v) is 6.60. The number of nitrogen functional groups attached to an aromatic ring is 1. The van der Waals surface area contributed by atoms with Crippen molar-refractivity contribution in [2.75, 3.05) is 25.4 Å². The van der Waals surface area contributed by atoms with Crippen LogP contribution >= 0.6 is 0 Å². The van der Waals surface area contributed by atoms with E-state index in [0.29, 0.717) is 24.5 Å². The lowest BCUT2D eigenvalue weighted by molar-refractivity contribution is 0.0666. The number of rotatable bonds is 4. The van der Waals surface area contributed by atoms with Gasteiger partial charge in [-0.2, -0.15) is 13.5 Å². The summed E-state index contributed by atoms with van der Waals surface area (Å²) in [6.45, 7) is 1.31. The number of amides is 1. The molecule has 0 spiro atoms. The summed E-state index contributed by atoms with van der Waals surface area (Å²) in [5, 5.41) is 8.87. The summed E-state index contributed by atoms with van der Waals surface area (Å²) in [4.78, 5) is 14.1. The number of nitrogens with one attached hydrogen (secondary N) is 1. The number of aryl methyl sites for hydroxylation is 1. The van der Waals surface area contributed by atoms with E-state index in [0.717, 1.165) is 12.8 Å². The highest BCUT2D eigenvalue weighted by Gasteiger charge is 2.27. The van der Waals surface area contributed by atoms with Crippen molar-refractivity contribution in [2.45, 2.75) is 12.8 Å². The Bertz CT molecular complexity index is 606. The van der Waals surface area contributed by atoms with Gasteiger partial charge < -0.3 is 10.6 Å². The second kappa shape index (κ2) is 6.00. The molecule has 1 unspecified atom stereocenters. The Labute approximate surface area is 123 Å². The van der Waals surface area contributed by atoms with Gasteiger partial charge in [-0.3, -0.25) is 9.48 Å². The smallest absolute Gasteiger partial charge is 0.274 e. The third-order valence-electron chi connectivity index (χ3n) is 3.55. The summed E-state index contributed by atoms with van der Waals surface area (Å²) in [6.07, 6.45) is 3.09. The van der Waals surface area contributed by atoms with Crippen LogP contribution in [0.2, 0.25) is 0 Å². The SMILES string of the molecule is Cn1ncc(N)c1C(=O)N1CCCC(CNS(N)(=O)=O)C1. The predicted molar refractivity (Wildman–Crippen MR) is 77.4 cm³/mol. The molecule has 1 aliphatic heterocycles. The predicted octanol–water partition coefficient (Wildman–Crippen LogP) is -1.35. The highest BCUT2D eigenvalue weighted by atomic mass is 32.2. The van der Waals surface area contributed by atoms with Crippen molar-refractivity contribution in [3.8, 4) is 0 Å². The number of anilines is 1. The Morgan fingerprint density at radius 3 is 2.86 bits per heavy atom. The third kappa shape index (κ3) is 3.93. The normalized spacial score (nSPS) is 19.7. The van der Waals surface area contributed by atoms with Crippen LogP contribution < -0.4 is 15.6 Å². The maximum absolute atomic E-state index is 12.5. The lowest BCUT2D eigenvalue weighted by atomic mass is 9.98. The van der Waals surface area contributed by atoms with Gasteiger partial charge in [0.25, 0.3) is 16.1 Å². The van der Waals surface area contributed by atoms with E-state index >= 15 is 0 Å². The van der Waals surface area contributed by atoms with E-state index in [1.807, 2.05) is 0 Å². The molecule has 1 aromatic rings. The van der Waals surface area contributed by atoms with Crippen LogP contribution in [0.5, 0.6) is 0 Å². The molecule has 5 N–H and O–H groups in total. The molecule has 1 atom stereocenters. The van der Waals surface area contributed by atoms with Crippen molar-refractivity contribution in [2.24, 2.45) is 18.1 Å². The molecule has 1 aliphatic rings. The zero-order valence-electron chi connectivity index (χ0n) is 11.8. The minimum Gasteiger partial charge on any atom is -0.396 e. The topological polar surface area (TPSA) is 136 Å². The van der Waals surface area contributed by atoms with Crippen LogP contribution in [0, 0.1) is 5.92 Å². The second-order valence-electron chi connectivity index (χ2n) is 5.23. The summed E-state index contributed by atoms with van der Waals surface area (Å²) in [7, 11) is -2.05. The maximum atomic E-state index is 12.5. The molecule has 1 fully saturated rings. The molecular weight excluding hydrogens is 296 g/mol. The molecular formula is C11H20N6O3S. The van der Waals surface area contributed by atoms with Crippen LogP contribution in [-0.4, -0.2) is 48.6 Å². The number of carbonyl (C=O) groups is 1. The average molecular weight is 316 g/mol. The van der Waals surface area contributed by atoms with Gasteiger partial charge in [0, 0.05) is 26.7 Å². The Balaban J connectivity index is 2.02. The quantitative estimate of drug-likeness (QED) is 0.630. The molecule has 0 saturated carbocycles. The zero-order chi connectivity index (χ0) is 15.6. The number of aromatic nitrogens is 2. The first kappa shape index (κ1) is 15.7. The summed E-state index contributed by atoms with van der Waals surface area (Å²) in [6, 6.07) is 0. The fourth-order valence-corrected chi connectivity index (χ4v) is 2.98. The van der Waals surface area contributed by atoms with Crippen LogP contribution in [0.25, 0.3) is 0 Å². The molecule has 0 radical (unpaired) electrons. The molecule has 0 aromatic carbocycles. The molecule has 1 aromatic heterocycles. The minimum atomic E-state index is -3.71. The number of carbonyl (C=O) groups excluding carboxylic acids is 1. The third-order valence-corrected chi connectivity index (χ3v) is 4.12. The van der Waals surface area contributed by atoms with Gasteiger partial charge in [0.15, 0.2) is 0 Å². The van der Waals surface area contributed by atoms with Crippen molar-refractivity contribution in [3.63, 3.8) is 0 Å². The van der Waals surface area contributed by atoms with Gasteiger partial charge >= 0.3 is 0 Å². The lowest BCUT2D eigenvalue weighted by Gasteiger charge is -2.32. The minimum absolute atomic E-state index is 0.0375. The van der Waals surface area contributed by atoms with Crippen molar-refractivity contribution in [1.82, 2.24) is 19.4 Å². The lowest BCUT2D eigenvalue weighted by Crippen LogP contribution is -2.45. The van der Waals surface area contributed by atoms with E-state index in [9.17, 15) is 13.2 Å². The van der Waals surface area contributed by atoms with Gasteiger partial charge in [-0.1, -0.05) is 0 Å². The monoisotopic (exact) mass is 316 g/mol. The molecule has 0 bridgehead atoms. The van der Waals surface area contributed by atoms with Crippen LogP contribution in [0.15, 0.2) is 6.20 Å². The fourth-order valence-electron chi connectivity index (χ4n) is 2.52. The molecule has 0 aliphatic carbocycles. The highest BCUT2D eigenvalue weighted by Crippen LogP contribution is 2.20. The largest absolute Gasteiger partial charge is 0.396 e. The van der Waals surface area contributed by atoms with E-state index in [1.54, 1.807) is 11.9 Å². The fraction of sp³-hybridized carbons (Fsp3) is 0.636. The summed E-state index contributed by atoms with van der Waals surface area (Å²) in [5.41, 5.74) is 6.46. The van der Waals surface area contributed by atoms with Gasteiger partial charge in [-0.05, 0) is 18.8 Å². The molecule has 2 rings (SSSR count). The first-order valence-corrected chi connectivity index (χ1v) is 8.16. The Kier molecular flexibility index (Phi) is 4.49. The van der Waals surface area contributed by atoms with Gasteiger partial charge in [-0.15, -0.1) is 0 Å². The number of nitrogens with zero attached hydrogens (tertiary/aromatic N) is 3. The maximum Gasteiger partial charge on any atom is 0.274 e. The highest BCUT2D eigenvalue weighted by molar-refractivity contribution is 7.87. The van der Waals surface area contributed by atoms with Gasteiger partial charge in [0.1, 0.15) is 5.69 Å². The molecule has 1 saturated heterocycles. The van der Waals surface area contributed by atoms with Crippen LogP contribution in [0.1, 0.15) is 23.3 Å². The molecule has 10 heteroatoms.